The molecule has 1 N–H and O–H groups in total. The van der Waals surface area contributed by atoms with Crippen LogP contribution in [0.3, 0.4) is 0 Å². The second-order valence-corrected chi connectivity index (χ2v) is 6.00. The predicted octanol–water partition coefficient (Wildman–Crippen LogP) is 1.65. The van der Waals surface area contributed by atoms with E-state index in [0.29, 0.717) is 4.88 Å². The maximum absolute atomic E-state index is 12.0. The van der Waals surface area contributed by atoms with Crippen LogP contribution >= 0.6 is 11.3 Å². The van der Waals surface area contributed by atoms with Gasteiger partial charge in [-0.3, -0.25) is 19.6 Å². The van der Waals surface area contributed by atoms with Crippen LogP contribution in [0.15, 0.2) is 28.9 Å². The van der Waals surface area contributed by atoms with Crippen LogP contribution in [0.4, 0.5) is 0 Å². The van der Waals surface area contributed by atoms with Crippen LogP contribution in [0.2, 0.25) is 0 Å². The topological polar surface area (TPSA) is 103 Å². The minimum atomic E-state index is -0.733. The molecule has 0 radical (unpaired) electrons. The third-order valence-corrected chi connectivity index (χ3v) is 4.41. The zero-order valence-electron chi connectivity index (χ0n) is 12.9. The maximum atomic E-state index is 12.0. The summed E-state index contributed by atoms with van der Waals surface area (Å²) in [5, 5.41) is 7.18. The van der Waals surface area contributed by atoms with Crippen LogP contribution < -0.4 is 5.32 Å². The van der Waals surface area contributed by atoms with Crippen molar-refractivity contribution < 1.29 is 23.5 Å². The molecule has 0 aliphatic heterocycles. The van der Waals surface area contributed by atoms with Crippen molar-refractivity contribution in [2.24, 2.45) is 7.05 Å². The van der Waals surface area contributed by atoms with Gasteiger partial charge in [0, 0.05) is 12.4 Å². The second kappa shape index (κ2) is 6.28. The van der Waals surface area contributed by atoms with Crippen LogP contribution in [0.1, 0.15) is 25.9 Å². The molecule has 3 heterocycles. The fourth-order valence-corrected chi connectivity index (χ4v) is 3.16. The van der Waals surface area contributed by atoms with Gasteiger partial charge in [0.15, 0.2) is 12.4 Å². The normalized spacial score (nSPS) is 10.8. The van der Waals surface area contributed by atoms with Gasteiger partial charge in [0.1, 0.15) is 9.71 Å². The molecule has 0 spiro atoms. The Morgan fingerprint density at radius 2 is 2.21 bits per heavy atom. The summed E-state index contributed by atoms with van der Waals surface area (Å²) in [6, 6.07) is 4.62. The summed E-state index contributed by atoms with van der Waals surface area (Å²) in [6.07, 6.45) is 1.32. The average Bonchev–Trinajstić information content (AvgIpc) is 3.24. The molecule has 3 rings (SSSR count). The lowest BCUT2D eigenvalue weighted by atomic mass is 10.3. The van der Waals surface area contributed by atoms with Crippen molar-refractivity contribution in [3.63, 3.8) is 0 Å². The van der Waals surface area contributed by atoms with Crippen LogP contribution in [-0.2, 0) is 16.6 Å². The molecule has 0 saturated carbocycles. The number of aryl methyl sites for hydroxylation is 2. The third kappa shape index (κ3) is 3.06. The Morgan fingerprint density at radius 3 is 2.88 bits per heavy atom. The van der Waals surface area contributed by atoms with Crippen molar-refractivity contribution in [2.45, 2.75) is 6.92 Å². The summed E-state index contributed by atoms with van der Waals surface area (Å²) in [5.74, 6) is -2.05. The molecule has 24 heavy (non-hydrogen) atoms. The number of hydrogen-bond donors (Lipinski definition) is 1. The van der Waals surface area contributed by atoms with Crippen molar-refractivity contribution in [2.75, 3.05) is 6.61 Å². The zero-order valence-corrected chi connectivity index (χ0v) is 13.7. The Labute approximate surface area is 140 Å². The van der Waals surface area contributed by atoms with Crippen LogP contribution in [0.5, 0.6) is 0 Å². The van der Waals surface area contributed by atoms with Gasteiger partial charge in [0.05, 0.1) is 12.0 Å². The molecule has 0 atom stereocenters. The van der Waals surface area contributed by atoms with Crippen LogP contribution in [0, 0.1) is 6.92 Å². The van der Waals surface area contributed by atoms with Crippen molar-refractivity contribution in [3.05, 3.63) is 40.8 Å². The summed E-state index contributed by atoms with van der Waals surface area (Å²) in [6.45, 7) is 1.29. The molecular formula is C15H13N3O5S. The number of esters is 1. The molecule has 3 aromatic rings. The average molecular weight is 347 g/mol. The summed E-state index contributed by atoms with van der Waals surface area (Å²) in [5.41, 5.74) is 0.810. The summed E-state index contributed by atoms with van der Waals surface area (Å²) < 4.78 is 11.5. The highest BCUT2D eigenvalue weighted by Gasteiger charge is 2.18. The minimum Gasteiger partial charge on any atom is -0.459 e. The third-order valence-electron chi connectivity index (χ3n) is 3.23. The van der Waals surface area contributed by atoms with Crippen molar-refractivity contribution >= 4 is 39.3 Å². The molecule has 9 heteroatoms. The van der Waals surface area contributed by atoms with E-state index in [0.717, 1.165) is 15.9 Å². The molecule has 0 bridgehead atoms. The first-order chi connectivity index (χ1) is 11.5. The Hall–Kier alpha value is -2.94. The molecular weight excluding hydrogens is 334 g/mol. The van der Waals surface area contributed by atoms with E-state index in [1.54, 1.807) is 17.8 Å². The van der Waals surface area contributed by atoms with E-state index >= 15 is 0 Å². The first-order valence-corrected chi connectivity index (χ1v) is 7.75. The molecule has 0 saturated heterocycles. The highest BCUT2D eigenvalue weighted by Crippen LogP contribution is 2.27. The van der Waals surface area contributed by atoms with Gasteiger partial charge >= 0.3 is 5.97 Å². The predicted molar refractivity (Wildman–Crippen MR) is 84.8 cm³/mol. The van der Waals surface area contributed by atoms with Gasteiger partial charge in [0.2, 0.25) is 0 Å². The second-order valence-electron chi connectivity index (χ2n) is 4.97. The molecule has 3 aromatic heterocycles. The minimum absolute atomic E-state index is 0.00200. The van der Waals surface area contributed by atoms with Gasteiger partial charge < -0.3 is 9.15 Å². The van der Waals surface area contributed by atoms with Crippen molar-refractivity contribution in [1.82, 2.24) is 15.1 Å². The van der Waals surface area contributed by atoms with Gasteiger partial charge in [0.25, 0.3) is 11.8 Å². The lowest BCUT2D eigenvalue weighted by molar-refractivity contribution is -0.123. The Bertz CT molecular complexity index is 888. The number of fused-ring (bicyclic) bond motifs is 1. The highest BCUT2D eigenvalue weighted by atomic mass is 32.1. The molecule has 0 aliphatic carbocycles. The van der Waals surface area contributed by atoms with Gasteiger partial charge in [-0.25, -0.2) is 4.79 Å². The number of aromatic nitrogens is 2. The smallest absolute Gasteiger partial charge is 0.348 e. The number of carbonyl (C=O) groups excluding carboxylic acids is 3. The SMILES string of the molecule is Cc1nn(C)c2sc(C(=O)OCC(=O)NC(=O)c3ccco3)cc12. The zero-order chi connectivity index (χ0) is 17.3. The number of imide groups is 1. The maximum Gasteiger partial charge on any atom is 0.348 e. The number of rotatable bonds is 4. The van der Waals surface area contributed by atoms with E-state index in [-0.39, 0.29) is 5.76 Å². The van der Waals surface area contributed by atoms with E-state index in [1.807, 2.05) is 6.92 Å². The fraction of sp³-hybridized carbons (Fsp3) is 0.200. The molecule has 0 fully saturated rings. The van der Waals surface area contributed by atoms with E-state index in [2.05, 4.69) is 10.4 Å². The Balaban J connectivity index is 1.59. The lowest BCUT2D eigenvalue weighted by Gasteiger charge is -2.03. The molecule has 0 aromatic carbocycles. The van der Waals surface area contributed by atoms with Crippen LogP contribution in [-0.4, -0.2) is 34.2 Å². The highest BCUT2D eigenvalue weighted by molar-refractivity contribution is 7.20. The Kier molecular flexibility index (Phi) is 4.17. The van der Waals surface area contributed by atoms with Crippen molar-refractivity contribution in [1.29, 1.82) is 0 Å². The van der Waals surface area contributed by atoms with Gasteiger partial charge in [-0.2, -0.15) is 5.10 Å². The van der Waals surface area contributed by atoms with Gasteiger partial charge in [-0.1, -0.05) is 0 Å². The first kappa shape index (κ1) is 15.9. The molecule has 124 valence electrons. The molecule has 2 amide bonds. The van der Waals surface area contributed by atoms with E-state index in [1.165, 1.54) is 29.7 Å². The number of furan rings is 1. The number of hydrogen-bond acceptors (Lipinski definition) is 7. The number of nitrogens with zero attached hydrogens (tertiary/aromatic N) is 2. The molecule has 0 unspecified atom stereocenters. The first-order valence-electron chi connectivity index (χ1n) is 6.93. The van der Waals surface area contributed by atoms with Crippen LogP contribution in [0.25, 0.3) is 10.2 Å². The summed E-state index contributed by atoms with van der Waals surface area (Å²) >= 11 is 1.23. The summed E-state index contributed by atoms with van der Waals surface area (Å²) in [7, 11) is 1.79. The van der Waals surface area contributed by atoms with E-state index < -0.39 is 24.4 Å². The standard InChI is InChI=1S/C15H13N3O5S/c1-8-9-6-11(24-14(9)18(2)17-8)15(21)23-7-12(19)16-13(20)10-4-3-5-22-10/h3-6H,7H2,1-2H3,(H,16,19,20). The van der Waals surface area contributed by atoms with E-state index in [9.17, 15) is 14.4 Å². The number of thiophene rings is 1. The van der Waals surface area contributed by atoms with Gasteiger partial charge in [-0.15, -0.1) is 11.3 Å². The fourth-order valence-electron chi connectivity index (χ4n) is 2.14. The number of amides is 2. The van der Waals surface area contributed by atoms with Gasteiger partial charge in [-0.05, 0) is 25.1 Å². The lowest BCUT2D eigenvalue weighted by Crippen LogP contribution is -2.33. The number of ether oxygens (including phenoxy) is 1. The molecule has 8 nitrogen and oxygen atoms in total. The van der Waals surface area contributed by atoms with Crippen molar-refractivity contribution in [3.8, 4) is 0 Å². The quantitative estimate of drug-likeness (QED) is 0.720. The monoisotopic (exact) mass is 347 g/mol. The molecule has 0 aliphatic rings. The number of nitrogens with one attached hydrogen (secondary N) is 1. The van der Waals surface area contributed by atoms with E-state index in [4.69, 9.17) is 9.15 Å². The number of carbonyl (C=O) groups is 3. The largest absolute Gasteiger partial charge is 0.459 e. The summed E-state index contributed by atoms with van der Waals surface area (Å²) in [4.78, 5) is 36.5. The Morgan fingerprint density at radius 1 is 1.42 bits per heavy atom.